The van der Waals surface area contributed by atoms with Crippen molar-refractivity contribution in [1.82, 2.24) is 4.31 Å². The molecule has 7 nitrogen and oxygen atoms in total. The topological polar surface area (TPSA) is 109 Å². The minimum absolute atomic E-state index is 0.0297. The van der Waals surface area contributed by atoms with Crippen LogP contribution in [-0.4, -0.2) is 51.1 Å². The SMILES string of the molecule is CS(=O)(=O)Cc1ccc(S(=O)(=O)N2CCCC2C(=O)O)cc1. The molecule has 1 unspecified atom stereocenters. The summed E-state index contributed by atoms with van der Waals surface area (Å²) in [4.78, 5) is 11.1. The van der Waals surface area contributed by atoms with Crippen molar-refractivity contribution in [3.05, 3.63) is 29.8 Å². The van der Waals surface area contributed by atoms with Crippen LogP contribution in [0.5, 0.6) is 0 Å². The molecule has 1 fully saturated rings. The van der Waals surface area contributed by atoms with E-state index in [2.05, 4.69) is 0 Å². The Morgan fingerprint density at radius 1 is 1.23 bits per heavy atom. The van der Waals surface area contributed by atoms with E-state index in [-0.39, 0.29) is 17.2 Å². The number of aliphatic carboxylic acids is 1. The minimum Gasteiger partial charge on any atom is -0.480 e. The molecule has 1 saturated heterocycles. The molecule has 1 aliphatic rings. The molecule has 122 valence electrons. The summed E-state index contributed by atoms with van der Waals surface area (Å²) in [6.07, 6.45) is 1.89. The Hall–Kier alpha value is -1.45. The third kappa shape index (κ3) is 3.65. The molecule has 0 aromatic heterocycles. The van der Waals surface area contributed by atoms with E-state index < -0.39 is 31.9 Å². The normalized spacial score (nSPS) is 20.1. The number of hydrogen-bond acceptors (Lipinski definition) is 5. The largest absolute Gasteiger partial charge is 0.480 e. The highest BCUT2D eigenvalue weighted by Crippen LogP contribution is 2.26. The minimum atomic E-state index is -3.89. The van der Waals surface area contributed by atoms with Crippen molar-refractivity contribution < 1.29 is 26.7 Å². The van der Waals surface area contributed by atoms with Gasteiger partial charge in [-0.15, -0.1) is 0 Å². The zero-order chi connectivity index (χ0) is 16.5. The Morgan fingerprint density at radius 3 is 2.32 bits per heavy atom. The number of sulfone groups is 1. The van der Waals surface area contributed by atoms with Crippen molar-refractivity contribution in [2.24, 2.45) is 0 Å². The predicted octanol–water partition coefficient (Wildman–Crippen LogP) is 0.469. The fourth-order valence-corrected chi connectivity index (χ4v) is 4.92. The highest BCUT2D eigenvalue weighted by Gasteiger charge is 2.39. The molecule has 22 heavy (non-hydrogen) atoms. The van der Waals surface area contributed by atoms with E-state index in [1.54, 1.807) is 0 Å². The van der Waals surface area contributed by atoms with E-state index in [9.17, 15) is 21.6 Å². The third-order valence-corrected chi connectivity index (χ3v) is 6.23. The van der Waals surface area contributed by atoms with Gasteiger partial charge in [0.1, 0.15) is 6.04 Å². The molecule has 1 aromatic rings. The van der Waals surface area contributed by atoms with E-state index >= 15 is 0 Å². The second kappa shape index (κ2) is 5.98. The van der Waals surface area contributed by atoms with Crippen LogP contribution in [0.15, 0.2) is 29.2 Å². The molecule has 1 aliphatic heterocycles. The molecule has 0 aliphatic carbocycles. The van der Waals surface area contributed by atoms with Crippen LogP contribution < -0.4 is 0 Å². The Morgan fingerprint density at radius 2 is 1.82 bits per heavy atom. The van der Waals surface area contributed by atoms with E-state index in [0.29, 0.717) is 18.4 Å². The molecule has 0 saturated carbocycles. The molecule has 1 atom stereocenters. The van der Waals surface area contributed by atoms with Gasteiger partial charge in [-0.1, -0.05) is 12.1 Å². The molecule has 0 spiro atoms. The number of carboxylic acids is 1. The van der Waals surface area contributed by atoms with Gasteiger partial charge in [-0.05, 0) is 30.5 Å². The van der Waals surface area contributed by atoms with Gasteiger partial charge in [0, 0.05) is 12.8 Å². The van der Waals surface area contributed by atoms with Gasteiger partial charge < -0.3 is 5.11 Å². The smallest absolute Gasteiger partial charge is 0.322 e. The maximum Gasteiger partial charge on any atom is 0.322 e. The van der Waals surface area contributed by atoms with Gasteiger partial charge in [0.05, 0.1) is 10.6 Å². The van der Waals surface area contributed by atoms with Crippen LogP contribution in [0.25, 0.3) is 0 Å². The maximum absolute atomic E-state index is 12.5. The maximum atomic E-state index is 12.5. The lowest BCUT2D eigenvalue weighted by molar-refractivity contribution is -0.140. The van der Waals surface area contributed by atoms with Crippen LogP contribution in [0.1, 0.15) is 18.4 Å². The summed E-state index contributed by atoms with van der Waals surface area (Å²) in [6.45, 7) is 0.171. The van der Waals surface area contributed by atoms with Gasteiger partial charge in [0.25, 0.3) is 0 Å². The first-order valence-corrected chi connectivity index (χ1v) is 10.1. The summed E-state index contributed by atoms with van der Waals surface area (Å²) in [7, 11) is -7.09. The monoisotopic (exact) mass is 347 g/mol. The van der Waals surface area contributed by atoms with Crippen molar-refractivity contribution >= 4 is 25.8 Å². The third-order valence-electron chi connectivity index (χ3n) is 3.45. The molecule has 0 radical (unpaired) electrons. The highest BCUT2D eigenvalue weighted by atomic mass is 32.2. The molecular formula is C13H17NO6S2. The Labute approximate surface area is 129 Å². The predicted molar refractivity (Wildman–Crippen MR) is 79.5 cm³/mol. The summed E-state index contributed by atoms with van der Waals surface area (Å²) in [5, 5.41) is 9.09. The van der Waals surface area contributed by atoms with Crippen molar-refractivity contribution in [3.8, 4) is 0 Å². The first-order chi connectivity index (χ1) is 10.1. The summed E-state index contributed by atoms with van der Waals surface area (Å²) < 4.78 is 48.4. The molecule has 1 heterocycles. The number of benzene rings is 1. The van der Waals surface area contributed by atoms with E-state index in [0.717, 1.165) is 10.6 Å². The Bertz CT molecular complexity index is 767. The van der Waals surface area contributed by atoms with Gasteiger partial charge in [-0.2, -0.15) is 4.31 Å². The first-order valence-electron chi connectivity index (χ1n) is 6.62. The summed E-state index contributed by atoms with van der Waals surface area (Å²) in [6, 6.07) is 4.44. The van der Waals surface area contributed by atoms with Gasteiger partial charge in [-0.25, -0.2) is 16.8 Å². The number of nitrogens with zero attached hydrogens (tertiary/aromatic N) is 1. The number of hydrogen-bond donors (Lipinski definition) is 1. The summed E-state index contributed by atoms with van der Waals surface area (Å²) >= 11 is 0. The molecule has 1 aromatic carbocycles. The van der Waals surface area contributed by atoms with Crippen molar-refractivity contribution in [1.29, 1.82) is 0 Å². The van der Waals surface area contributed by atoms with Gasteiger partial charge in [0.2, 0.25) is 10.0 Å². The van der Waals surface area contributed by atoms with Crippen LogP contribution in [-0.2, 0) is 30.4 Å². The van der Waals surface area contributed by atoms with Crippen LogP contribution >= 0.6 is 0 Å². The molecule has 1 N–H and O–H groups in total. The second-order valence-corrected chi connectivity index (χ2v) is 9.36. The zero-order valence-electron chi connectivity index (χ0n) is 12.0. The fourth-order valence-electron chi connectivity index (χ4n) is 2.47. The highest BCUT2D eigenvalue weighted by molar-refractivity contribution is 7.90. The summed E-state index contributed by atoms with van der Waals surface area (Å²) in [5.74, 6) is -1.33. The van der Waals surface area contributed by atoms with Gasteiger partial charge in [-0.3, -0.25) is 4.79 Å². The molecule has 9 heteroatoms. The lowest BCUT2D eigenvalue weighted by Crippen LogP contribution is -2.40. The van der Waals surface area contributed by atoms with Crippen LogP contribution in [0.3, 0.4) is 0 Å². The average molecular weight is 347 g/mol. The molecule has 0 bridgehead atoms. The number of rotatable bonds is 5. The van der Waals surface area contributed by atoms with E-state index in [1.807, 2.05) is 0 Å². The Balaban J connectivity index is 2.28. The van der Waals surface area contributed by atoms with Crippen molar-refractivity contribution in [2.45, 2.75) is 29.5 Å². The standard InChI is InChI=1S/C13H17NO6S2/c1-21(17,18)9-10-4-6-11(7-5-10)22(19,20)14-8-2-3-12(14)13(15)16/h4-7,12H,2-3,8-9H2,1H3,(H,15,16). The second-order valence-electron chi connectivity index (χ2n) is 5.33. The average Bonchev–Trinajstić information content (AvgIpc) is 2.87. The van der Waals surface area contributed by atoms with E-state index in [4.69, 9.17) is 5.11 Å². The first kappa shape index (κ1) is 16.9. The van der Waals surface area contributed by atoms with Gasteiger partial charge in [0.15, 0.2) is 9.84 Å². The zero-order valence-corrected chi connectivity index (χ0v) is 13.6. The Kier molecular flexibility index (Phi) is 4.59. The van der Waals surface area contributed by atoms with Crippen molar-refractivity contribution in [3.63, 3.8) is 0 Å². The summed E-state index contributed by atoms with van der Waals surface area (Å²) in [5.41, 5.74) is 0.484. The number of sulfonamides is 1. The lowest BCUT2D eigenvalue weighted by Gasteiger charge is -2.21. The van der Waals surface area contributed by atoms with Crippen molar-refractivity contribution in [2.75, 3.05) is 12.8 Å². The molecular weight excluding hydrogens is 330 g/mol. The number of carbonyl (C=O) groups is 1. The van der Waals surface area contributed by atoms with Crippen LogP contribution in [0.2, 0.25) is 0 Å². The number of carboxylic acid groups (broad SMARTS) is 1. The van der Waals surface area contributed by atoms with Crippen LogP contribution in [0, 0.1) is 0 Å². The van der Waals surface area contributed by atoms with E-state index in [1.165, 1.54) is 24.3 Å². The quantitative estimate of drug-likeness (QED) is 0.829. The fraction of sp³-hybridized carbons (Fsp3) is 0.462. The molecule has 0 amide bonds. The van der Waals surface area contributed by atoms with Gasteiger partial charge >= 0.3 is 5.97 Å². The van der Waals surface area contributed by atoms with Crippen LogP contribution in [0.4, 0.5) is 0 Å². The lowest BCUT2D eigenvalue weighted by atomic mass is 10.2. The molecule has 2 rings (SSSR count).